The van der Waals surface area contributed by atoms with Gasteiger partial charge < -0.3 is 5.73 Å². The highest BCUT2D eigenvalue weighted by Gasteiger charge is 2.14. The summed E-state index contributed by atoms with van der Waals surface area (Å²) in [6, 6.07) is 10.2. The lowest BCUT2D eigenvalue weighted by Gasteiger charge is -2.10. The van der Waals surface area contributed by atoms with Gasteiger partial charge in [-0.15, -0.1) is 11.3 Å². The van der Waals surface area contributed by atoms with Gasteiger partial charge in [0.2, 0.25) is 0 Å². The van der Waals surface area contributed by atoms with Gasteiger partial charge in [-0.3, -0.25) is 4.68 Å². The van der Waals surface area contributed by atoms with Crippen LogP contribution in [0.1, 0.15) is 17.3 Å². The summed E-state index contributed by atoms with van der Waals surface area (Å²) in [5.41, 5.74) is 8.35. The van der Waals surface area contributed by atoms with Crippen LogP contribution in [0.15, 0.2) is 41.9 Å². The lowest BCUT2D eigenvalue weighted by atomic mass is 10.0. The van der Waals surface area contributed by atoms with Gasteiger partial charge in [0.05, 0.1) is 11.7 Å². The molecule has 0 aliphatic heterocycles. The molecular formula is C13H13N3S. The fourth-order valence-electron chi connectivity index (χ4n) is 2.02. The predicted octanol–water partition coefficient (Wildman–Crippen LogP) is 2.68. The summed E-state index contributed by atoms with van der Waals surface area (Å²) in [6.07, 6.45) is 1.92. The van der Waals surface area contributed by atoms with E-state index in [4.69, 9.17) is 5.73 Å². The maximum Gasteiger partial charge on any atom is 0.0837 e. The van der Waals surface area contributed by atoms with E-state index in [9.17, 15) is 0 Å². The molecule has 0 radical (unpaired) electrons. The van der Waals surface area contributed by atoms with Crippen LogP contribution in [0.2, 0.25) is 0 Å². The molecule has 0 fully saturated rings. The average Bonchev–Trinajstić information content (AvgIpc) is 2.95. The molecule has 86 valence electrons. The lowest BCUT2D eigenvalue weighted by molar-refractivity contribution is 0.718. The molecule has 0 spiro atoms. The highest BCUT2D eigenvalue weighted by atomic mass is 32.1. The maximum atomic E-state index is 6.29. The first-order chi connectivity index (χ1) is 8.25. The standard InChI is InChI=1S/C13H13N3S/c1-16-7-5-11(15-16)12(14)10-4-2-3-9-6-8-17-13(9)10/h2-8,12H,14H2,1H3. The summed E-state index contributed by atoms with van der Waals surface area (Å²) in [5, 5.41) is 7.72. The Balaban J connectivity index is 2.12. The van der Waals surface area contributed by atoms with Gasteiger partial charge in [0.25, 0.3) is 0 Å². The van der Waals surface area contributed by atoms with E-state index in [1.807, 2.05) is 25.4 Å². The number of aromatic nitrogens is 2. The van der Waals surface area contributed by atoms with E-state index in [0.29, 0.717) is 0 Å². The minimum atomic E-state index is -0.154. The highest BCUT2D eigenvalue weighted by molar-refractivity contribution is 7.17. The number of aryl methyl sites for hydroxylation is 1. The molecule has 2 aromatic heterocycles. The summed E-state index contributed by atoms with van der Waals surface area (Å²) >= 11 is 1.73. The Bertz CT molecular complexity index is 653. The molecule has 0 saturated heterocycles. The van der Waals surface area contributed by atoms with E-state index in [-0.39, 0.29) is 6.04 Å². The second kappa shape index (κ2) is 3.98. The third-order valence-electron chi connectivity index (χ3n) is 2.90. The summed E-state index contributed by atoms with van der Waals surface area (Å²) in [7, 11) is 1.90. The van der Waals surface area contributed by atoms with E-state index in [2.05, 4.69) is 28.7 Å². The van der Waals surface area contributed by atoms with Gasteiger partial charge in [0, 0.05) is 17.9 Å². The summed E-state index contributed by atoms with van der Waals surface area (Å²) in [4.78, 5) is 0. The van der Waals surface area contributed by atoms with Crippen molar-refractivity contribution in [3.05, 3.63) is 53.2 Å². The molecule has 4 heteroatoms. The van der Waals surface area contributed by atoms with Crippen molar-refractivity contribution in [2.45, 2.75) is 6.04 Å². The minimum Gasteiger partial charge on any atom is -0.319 e. The van der Waals surface area contributed by atoms with Crippen molar-refractivity contribution in [3.63, 3.8) is 0 Å². The Morgan fingerprint density at radius 3 is 2.94 bits per heavy atom. The van der Waals surface area contributed by atoms with Gasteiger partial charge >= 0.3 is 0 Å². The van der Waals surface area contributed by atoms with Crippen LogP contribution in [-0.4, -0.2) is 9.78 Å². The van der Waals surface area contributed by atoms with E-state index in [1.54, 1.807) is 16.0 Å². The zero-order valence-corrected chi connectivity index (χ0v) is 10.3. The Hall–Kier alpha value is -1.65. The molecular weight excluding hydrogens is 230 g/mol. The molecule has 0 bridgehead atoms. The van der Waals surface area contributed by atoms with Gasteiger partial charge in [0.1, 0.15) is 0 Å². The molecule has 1 aromatic carbocycles. The van der Waals surface area contributed by atoms with E-state index in [0.717, 1.165) is 11.3 Å². The quantitative estimate of drug-likeness (QED) is 0.752. The third kappa shape index (κ3) is 1.75. The molecule has 2 N–H and O–H groups in total. The first-order valence-electron chi connectivity index (χ1n) is 5.47. The van der Waals surface area contributed by atoms with Gasteiger partial charge in [-0.1, -0.05) is 18.2 Å². The third-order valence-corrected chi connectivity index (χ3v) is 3.88. The van der Waals surface area contributed by atoms with Crippen molar-refractivity contribution in [3.8, 4) is 0 Å². The number of hydrogen-bond acceptors (Lipinski definition) is 3. The van der Waals surface area contributed by atoms with Crippen LogP contribution in [-0.2, 0) is 7.05 Å². The van der Waals surface area contributed by atoms with Crippen LogP contribution in [0, 0.1) is 0 Å². The second-order valence-corrected chi connectivity index (χ2v) is 4.99. The van der Waals surface area contributed by atoms with Crippen molar-refractivity contribution in [1.29, 1.82) is 0 Å². The zero-order chi connectivity index (χ0) is 11.8. The molecule has 0 amide bonds. The number of thiophene rings is 1. The average molecular weight is 243 g/mol. The van der Waals surface area contributed by atoms with Crippen LogP contribution < -0.4 is 5.73 Å². The minimum absolute atomic E-state index is 0.154. The number of nitrogens with zero attached hydrogens (tertiary/aromatic N) is 2. The molecule has 3 aromatic rings. The molecule has 0 aliphatic rings. The fraction of sp³-hybridized carbons (Fsp3) is 0.154. The molecule has 1 unspecified atom stereocenters. The number of rotatable bonds is 2. The van der Waals surface area contributed by atoms with E-state index < -0.39 is 0 Å². The van der Waals surface area contributed by atoms with Crippen molar-refractivity contribution in [1.82, 2.24) is 9.78 Å². The van der Waals surface area contributed by atoms with Gasteiger partial charge in [-0.05, 0) is 28.5 Å². The topological polar surface area (TPSA) is 43.8 Å². The van der Waals surface area contributed by atoms with Crippen LogP contribution >= 0.6 is 11.3 Å². The van der Waals surface area contributed by atoms with Crippen molar-refractivity contribution in [2.24, 2.45) is 12.8 Å². The van der Waals surface area contributed by atoms with Crippen molar-refractivity contribution < 1.29 is 0 Å². The Morgan fingerprint density at radius 1 is 1.29 bits per heavy atom. The lowest BCUT2D eigenvalue weighted by Crippen LogP contribution is -2.13. The van der Waals surface area contributed by atoms with Crippen LogP contribution in [0.5, 0.6) is 0 Å². The Morgan fingerprint density at radius 2 is 2.18 bits per heavy atom. The van der Waals surface area contributed by atoms with Gasteiger partial charge in [-0.2, -0.15) is 5.10 Å². The number of benzene rings is 1. The smallest absolute Gasteiger partial charge is 0.0837 e. The summed E-state index contributed by atoms with van der Waals surface area (Å²) < 4.78 is 3.04. The number of nitrogens with two attached hydrogens (primary N) is 1. The fourth-order valence-corrected chi connectivity index (χ4v) is 2.97. The van der Waals surface area contributed by atoms with E-state index >= 15 is 0 Å². The predicted molar refractivity (Wildman–Crippen MR) is 71.1 cm³/mol. The molecule has 2 heterocycles. The normalized spacial score (nSPS) is 13.1. The first-order valence-corrected chi connectivity index (χ1v) is 6.35. The van der Waals surface area contributed by atoms with Crippen LogP contribution in [0.4, 0.5) is 0 Å². The van der Waals surface area contributed by atoms with Crippen molar-refractivity contribution >= 4 is 21.4 Å². The molecule has 1 atom stereocenters. The number of fused-ring (bicyclic) bond motifs is 1. The SMILES string of the molecule is Cn1ccc(C(N)c2cccc3ccsc23)n1. The summed E-state index contributed by atoms with van der Waals surface area (Å²) in [6.45, 7) is 0. The molecule has 0 saturated carbocycles. The van der Waals surface area contributed by atoms with Gasteiger partial charge in [-0.25, -0.2) is 0 Å². The van der Waals surface area contributed by atoms with Gasteiger partial charge in [0.15, 0.2) is 0 Å². The first kappa shape index (κ1) is 10.5. The van der Waals surface area contributed by atoms with Crippen LogP contribution in [0.25, 0.3) is 10.1 Å². The van der Waals surface area contributed by atoms with Crippen molar-refractivity contribution in [2.75, 3.05) is 0 Å². The summed E-state index contributed by atoms with van der Waals surface area (Å²) in [5.74, 6) is 0. The molecule has 0 aliphatic carbocycles. The highest BCUT2D eigenvalue weighted by Crippen LogP contribution is 2.30. The molecule has 17 heavy (non-hydrogen) atoms. The zero-order valence-electron chi connectivity index (χ0n) is 9.50. The maximum absolute atomic E-state index is 6.29. The second-order valence-electron chi connectivity index (χ2n) is 4.08. The van der Waals surface area contributed by atoms with E-state index in [1.165, 1.54) is 10.1 Å². The monoisotopic (exact) mass is 243 g/mol. The van der Waals surface area contributed by atoms with Crippen LogP contribution in [0.3, 0.4) is 0 Å². The molecule has 3 rings (SSSR count). The Kier molecular flexibility index (Phi) is 2.46. The Labute approximate surface area is 103 Å². The molecule has 3 nitrogen and oxygen atoms in total. The number of hydrogen-bond donors (Lipinski definition) is 1. The largest absolute Gasteiger partial charge is 0.319 e.